The van der Waals surface area contributed by atoms with E-state index in [1.54, 1.807) is 20.0 Å². The number of carboxylic acid groups (broad SMARTS) is 1. The smallest absolute Gasteiger partial charge is 0.318 e. The molecule has 9 heteroatoms. The van der Waals surface area contributed by atoms with Crippen molar-refractivity contribution in [1.82, 2.24) is 16.0 Å². The quantitative estimate of drug-likeness (QED) is 0.0876. The Morgan fingerprint density at radius 2 is 1.41 bits per heavy atom. The minimum absolute atomic E-state index is 0.0189. The predicted molar refractivity (Wildman–Crippen MR) is 184 cm³/mol. The molecule has 0 spiro atoms. The first kappa shape index (κ1) is 40.0. The summed E-state index contributed by atoms with van der Waals surface area (Å²) in [5, 5.41) is 18.8. The van der Waals surface area contributed by atoms with Crippen molar-refractivity contribution in [2.24, 2.45) is 17.3 Å². The molecule has 2 aliphatic rings. The summed E-state index contributed by atoms with van der Waals surface area (Å²) in [5.74, 6) is -3.30. The van der Waals surface area contributed by atoms with Crippen LogP contribution in [0.5, 0.6) is 0 Å². The van der Waals surface area contributed by atoms with Gasteiger partial charge in [0.2, 0.25) is 5.91 Å². The van der Waals surface area contributed by atoms with Crippen LogP contribution in [0.3, 0.4) is 0 Å². The van der Waals surface area contributed by atoms with Gasteiger partial charge in [-0.2, -0.15) is 0 Å². The molecule has 4 unspecified atom stereocenters. The zero-order valence-electron chi connectivity index (χ0n) is 29.8. The van der Waals surface area contributed by atoms with Crippen molar-refractivity contribution in [2.75, 3.05) is 13.2 Å². The summed E-state index contributed by atoms with van der Waals surface area (Å²) in [6, 6.07) is -0.595. The highest BCUT2D eigenvalue weighted by Gasteiger charge is 2.46. The van der Waals surface area contributed by atoms with Crippen molar-refractivity contribution in [3.05, 3.63) is 12.3 Å². The molecule has 9 nitrogen and oxygen atoms in total. The van der Waals surface area contributed by atoms with Crippen molar-refractivity contribution in [1.29, 1.82) is 0 Å². The molecule has 2 rings (SSSR count). The fourth-order valence-electron chi connectivity index (χ4n) is 6.75. The summed E-state index contributed by atoms with van der Waals surface area (Å²) in [7, 11) is 0. The molecule has 4 atom stereocenters. The van der Waals surface area contributed by atoms with E-state index in [9.17, 15) is 19.5 Å². The van der Waals surface area contributed by atoms with Crippen molar-refractivity contribution < 1.29 is 29.0 Å². The van der Waals surface area contributed by atoms with Crippen LogP contribution in [0.2, 0.25) is 0 Å². The number of urea groups is 1. The third-order valence-corrected chi connectivity index (χ3v) is 9.66. The first-order valence-corrected chi connectivity index (χ1v) is 18.5. The maximum atomic E-state index is 13.1. The van der Waals surface area contributed by atoms with Crippen LogP contribution < -0.4 is 16.0 Å². The lowest BCUT2D eigenvalue weighted by atomic mass is 9.76. The number of unbranched alkanes of at least 4 members (excludes halogenated alkanes) is 14. The summed E-state index contributed by atoms with van der Waals surface area (Å²) in [6.07, 6.45) is 25.8. The maximum absolute atomic E-state index is 13.1. The molecule has 1 aliphatic carbocycles. The number of hydrogen-bond acceptors (Lipinski definition) is 5. The van der Waals surface area contributed by atoms with Gasteiger partial charge in [-0.25, -0.2) is 4.79 Å². The normalized spacial score (nSPS) is 23.1. The number of nitrogens with one attached hydrogen (secondary N) is 3. The fourth-order valence-corrected chi connectivity index (χ4v) is 6.75. The van der Waals surface area contributed by atoms with Gasteiger partial charge in [0.25, 0.3) is 0 Å². The Hall–Kier alpha value is -2.13. The molecule has 0 bridgehead atoms. The van der Waals surface area contributed by atoms with Crippen LogP contribution >= 0.6 is 0 Å². The van der Waals surface area contributed by atoms with E-state index in [1.807, 2.05) is 19.9 Å². The van der Waals surface area contributed by atoms with Gasteiger partial charge < -0.3 is 30.5 Å². The number of carbonyl (C=O) groups excluding carboxylic acids is 2. The molecule has 46 heavy (non-hydrogen) atoms. The number of carbonyl (C=O) groups is 3. The van der Waals surface area contributed by atoms with E-state index in [0.29, 0.717) is 19.4 Å². The molecule has 4 N–H and O–H groups in total. The van der Waals surface area contributed by atoms with Crippen molar-refractivity contribution >= 4 is 17.9 Å². The molecule has 0 aromatic carbocycles. The largest absolute Gasteiger partial charge is 0.481 e. The van der Waals surface area contributed by atoms with E-state index in [4.69, 9.17) is 9.47 Å². The van der Waals surface area contributed by atoms with Gasteiger partial charge in [0.05, 0.1) is 12.5 Å². The van der Waals surface area contributed by atoms with Gasteiger partial charge in [0.1, 0.15) is 6.10 Å². The molecule has 3 amide bonds. The summed E-state index contributed by atoms with van der Waals surface area (Å²) in [6.45, 7) is 9.94. The van der Waals surface area contributed by atoms with Gasteiger partial charge in [0, 0.05) is 24.2 Å². The highest BCUT2D eigenvalue weighted by molar-refractivity contribution is 5.82. The topological polar surface area (TPSA) is 126 Å². The molecule has 1 saturated carbocycles. The van der Waals surface area contributed by atoms with Crippen LogP contribution in [0.1, 0.15) is 157 Å². The molecule has 1 heterocycles. The highest BCUT2D eigenvalue weighted by Crippen LogP contribution is 2.35. The number of amides is 3. The third kappa shape index (κ3) is 15.6. The lowest BCUT2D eigenvalue weighted by Crippen LogP contribution is -2.57. The average Bonchev–Trinajstić information content (AvgIpc) is 3.00. The highest BCUT2D eigenvalue weighted by atomic mass is 16.7. The van der Waals surface area contributed by atoms with Crippen LogP contribution in [-0.4, -0.2) is 54.1 Å². The molecule has 2 fully saturated rings. The van der Waals surface area contributed by atoms with Gasteiger partial charge in [-0.1, -0.05) is 123 Å². The number of rotatable bonds is 22. The zero-order valence-corrected chi connectivity index (χ0v) is 29.8. The van der Waals surface area contributed by atoms with Crippen molar-refractivity contribution in [2.45, 2.75) is 175 Å². The second kappa shape index (κ2) is 21.7. The Morgan fingerprint density at radius 3 is 2.00 bits per heavy atom. The van der Waals surface area contributed by atoms with Crippen LogP contribution in [0, 0.1) is 17.3 Å². The monoisotopic (exact) mass is 650 g/mol. The van der Waals surface area contributed by atoms with E-state index < -0.39 is 29.2 Å². The fraction of sp³-hybridized carbons (Fsp3) is 0.865. The number of carboxylic acids is 1. The molecule has 1 saturated heterocycles. The SMILES string of the molecule is CCCCCCCCCCCCCCCCC=CNC(=O)NC1CCCCC1C(CNC(=O)C1OC(C)(C)OCC1(C)C)C(=O)O. The number of allylic oxidation sites excluding steroid dienone is 1. The minimum Gasteiger partial charge on any atom is -0.481 e. The van der Waals surface area contributed by atoms with Gasteiger partial charge >= 0.3 is 12.0 Å². The van der Waals surface area contributed by atoms with Crippen LogP contribution in [0.4, 0.5) is 4.79 Å². The first-order chi connectivity index (χ1) is 22.0. The van der Waals surface area contributed by atoms with E-state index in [1.165, 1.54) is 83.5 Å². The summed E-state index contributed by atoms with van der Waals surface area (Å²) >= 11 is 0. The summed E-state index contributed by atoms with van der Waals surface area (Å²) in [4.78, 5) is 38.2. The van der Waals surface area contributed by atoms with Crippen molar-refractivity contribution in [3.63, 3.8) is 0 Å². The molecule has 0 aromatic heterocycles. The third-order valence-electron chi connectivity index (χ3n) is 9.66. The Labute approximate surface area is 279 Å². The summed E-state index contributed by atoms with van der Waals surface area (Å²) in [5.41, 5.74) is -0.550. The van der Waals surface area contributed by atoms with Crippen LogP contribution in [0.25, 0.3) is 0 Å². The van der Waals surface area contributed by atoms with E-state index in [-0.39, 0.29) is 30.4 Å². The molecule has 1 aliphatic heterocycles. The molecule has 0 radical (unpaired) electrons. The number of aliphatic carboxylic acids is 1. The Bertz CT molecular complexity index is 921. The standard InChI is InChI=1S/C37H67N3O6/c1-6-7-8-9-10-11-12-13-14-15-16-17-18-19-20-23-26-38-35(44)40-31-25-22-21-24-29(31)30(34(42)43)27-39-33(41)32-36(2,3)28-45-37(4,5)46-32/h23,26,29-32H,6-22,24-25,27-28H2,1-5H3,(H,39,41)(H,42,43)(H2,38,40,44). The van der Waals surface area contributed by atoms with Crippen LogP contribution in [0.15, 0.2) is 12.3 Å². The Morgan fingerprint density at radius 1 is 0.848 bits per heavy atom. The molecule has 0 aromatic rings. The number of hydrogen-bond donors (Lipinski definition) is 4. The van der Waals surface area contributed by atoms with Crippen molar-refractivity contribution in [3.8, 4) is 0 Å². The van der Waals surface area contributed by atoms with Gasteiger partial charge in [-0.05, 0) is 45.4 Å². The van der Waals surface area contributed by atoms with Gasteiger partial charge in [-0.15, -0.1) is 0 Å². The van der Waals surface area contributed by atoms with Gasteiger partial charge in [0.15, 0.2) is 5.79 Å². The van der Waals surface area contributed by atoms with E-state index in [0.717, 1.165) is 25.7 Å². The lowest BCUT2D eigenvalue weighted by molar-refractivity contribution is -0.304. The number of ether oxygens (including phenoxy) is 2. The summed E-state index contributed by atoms with van der Waals surface area (Å²) < 4.78 is 11.6. The molecular weight excluding hydrogens is 582 g/mol. The molecular formula is C37H67N3O6. The second-order valence-electron chi connectivity index (χ2n) is 14.8. The predicted octanol–water partition coefficient (Wildman–Crippen LogP) is 8.22. The Balaban J connectivity index is 1.65. The minimum atomic E-state index is -0.972. The average molecular weight is 650 g/mol. The van der Waals surface area contributed by atoms with E-state index in [2.05, 4.69) is 22.9 Å². The first-order valence-electron chi connectivity index (χ1n) is 18.5. The zero-order chi connectivity index (χ0) is 33.8. The second-order valence-corrected chi connectivity index (χ2v) is 14.8. The van der Waals surface area contributed by atoms with Gasteiger partial charge in [-0.3, -0.25) is 9.59 Å². The van der Waals surface area contributed by atoms with E-state index >= 15 is 0 Å². The Kier molecular flexibility index (Phi) is 18.9. The maximum Gasteiger partial charge on any atom is 0.318 e. The molecule has 266 valence electrons. The van der Waals surface area contributed by atoms with Crippen LogP contribution in [-0.2, 0) is 19.1 Å². The lowest BCUT2D eigenvalue weighted by Gasteiger charge is -2.45.